The summed E-state index contributed by atoms with van der Waals surface area (Å²) in [4.78, 5) is 21.7. The first-order chi connectivity index (χ1) is 24.5. The van der Waals surface area contributed by atoms with E-state index < -0.39 is 8.60 Å². The van der Waals surface area contributed by atoms with Gasteiger partial charge in [0.15, 0.2) is 0 Å². The van der Waals surface area contributed by atoms with E-state index in [1.807, 2.05) is 54.6 Å². The third kappa shape index (κ3) is 12.1. The average Bonchev–Trinajstić information content (AvgIpc) is 3.14. The Morgan fingerprint density at radius 1 is 0.288 bits per heavy atom. The van der Waals surface area contributed by atoms with Crippen molar-refractivity contribution in [2.24, 2.45) is 0 Å². The lowest BCUT2D eigenvalue weighted by atomic mass is 9.78. The van der Waals surface area contributed by atoms with Crippen molar-refractivity contribution in [3.05, 3.63) is 197 Å². The van der Waals surface area contributed by atoms with Crippen LogP contribution in [0.2, 0.25) is 0 Å². The van der Waals surface area contributed by atoms with Gasteiger partial charge in [0.2, 0.25) is 0 Å². The average molecular weight is 719 g/mol. The quantitative estimate of drug-likeness (QED) is 0.0954. The number of rotatable bonds is 6. The van der Waals surface area contributed by atoms with Crippen molar-refractivity contribution in [3.8, 4) is 17.2 Å². The molecule has 6 aromatic carbocycles. The summed E-state index contributed by atoms with van der Waals surface area (Å²) in [5.74, 6) is 0.938. The molecule has 52 heavy (non-hydrogen) atoms. The van der Waals surface area contributed by atoms with Crippen LogP contribution in [0.25, 0.3) is 0 Å². The molecule has 0 radical (unpaired) electrons. The van der Waals surface area contributed by atoms with Gasteiger partial charge in [-0.15, -0.1) is 0 Å². The van der Waals surface area contributed by atoms with Crippen LogP contribution in [0.3, 0.4) is 0 Å². The van der Waals surface area contributed by atoms with Gasteiger partial charge in [-0.1, -0.05) is 169 Å². The van der Waals surface area contributed by atoms with Crippen molar-refractivity contribution in [1.82, 2.24) is 0 Å². The van der Waals surface area contributed by atoms with E-state index in [-0.39, 0.29) is 16.2 Å². The first-order valence-corrected chi connectivity index (χ1v) is 18.2. The maximum atomic E-state index is 9.29. The summed E-state index contributed by atoms with van der Waals surface area (Å²) < 4.78 is 0. The molecule has 0 aliphatic carbocycles. The van der Waals surface area contributed by atoms with Crippen LogP contribution in [0.4, 0.5) is 0 Å². The van der Waals surface area contributed by atoms with Gasteiger partial charge in [0, 0.05) is 16.2 Å². The van der Waals surface area contributed by atoms with Crippen LogP contribution in [0.15, 0.2) is 164 Å². The molecule has 0 saturated carbocycles. The van der Waals surface area contributed by atoms with Gasteiger partial charge in [-0.3, -0.25) is 0 Å². The Bertz CT molecular complexity index is 1650. The highest BCUT2D eigenvalue weighted by atomic mass is 31.2. The summed E-state index contributed by atoms with van der Waals surface area (Å²) in [5.41, 5.74) is 7.35. The Morgan fingerprint density at radius 2 is 0.442 bits per heavy atom. The second kappa shape index (κ2) is 19.0. The summed E-state index contributed by atoms with van der Waals surface area (Å²) in [6, 6.07) is 53.4. The zero-order valence-electron chi connectivity index (χ0n) is 30.7. The Kier molecular flexibility index (Phi) is 15.2. The van der Waals surface area contributed by atoms with Crippen LogP contribution in [0, 0.1) is 0 Å². The van der Waals surface area contributed by atoms with Crippen molar-refractivity contribution in [2.45, 2.75) is 57.8 Å². The molecule has 6 N–H and O–H groups in total. The van der Waals surface area contributed by atoms with Crippen LogP contribution in [-0.4, -0.2) is 30.0 Å². The van der Waals surface area contributed by atoms with Gasteiger partial charge in [-0.2, -0.15) is 0 Å². The predicted molar refractivity (Wildman–Crippen MR) is 214 cm³/mol. The zero-order valence-corrected chi connectivity index (χ0v) is 31.6. The highest BCUT2D eigenvalue weighted by molar-refractivity contribution is 7.38. The van der Waals surface area contributed by atoms with E-state index in [2.05, 4.69) is 114 Å². The first kappa shape index (κ1) is 41.5. The third-order valence-electron chi connectivity index (χ3n) is 9.25. The fraction of sp³-hybridized carbons (Fsp3) is 0.200. The highest BCUT2D eigenvalue weighted by Gasteiger charge is 2.24. The standard InChI is InChI=1S/3C15H16O.H3O3P/c3*1-15(2,12-6-4-3-5-7-12)13-8-10-14(16)11-9-13;1-4(2)3/h3*3-11,16H,1-2H3;1-3H. The van der Waals surface area contributed by atoms with Gasteiger partial charge in [-0.25, -0.2) is 0 Å². The number of hydrogen-bond acceptors (Lipinski definition) is 6. The molecule has 0 aliphatic rings. The minimum atomic E-state index is -2.62. The number of benzene rings is 6. The van der Waals surface area contributed by atoms with Gasteiger partial charge >= 0.3 is 8.60 Å². The fourth-order valence-electron chi connectivity index (χ4n) is 5.70. The molecule has 0 bridgehead atoms. The van der Waals surface area contributed by atoms with Crippen molar-refractivity contribution in [2.75, 3.05) is 0 Å². The minimum absolute atomic E-state index is 0.0328. The van der Waals surface area contributed by atoms with Crippen molar-refractivity contribution in [1.29, 1.82) is 0 Å². The first-order valence-electron chi connectivity index (χ1n) is 17.0. The molecule has 7 heteroatoms. The normalized spacial score (nSPS) is 11.2. The monoisotopic (exact) mass is 718 g/mol. The molecule has 0 aliphatic heterocycles. The predicted octanol–water partition coefficient (Wildman–Crippen LogP) is 10.3. The number of phenols is 3. The van der Waals surface area contributed by atoms with Crippen molar-refractivity contribution in [3.63, 3.8) is 0 Å². The Balaban J connectivity index is 0.000000200. The van der Waals surface area contributed by atoms with E-state index in [9.17, 15) is 15.3 Å². The molecule has 0 aromatic heterocycles. The lowest BCUT2D eigenvalue weighted by Crippen LogP contribution is -2.18. The van der Waals surface area contributed by atoms with E-state index in [4.69, 9.17) is 14.7 Å². The van der Waals surface area contributed by atoms with E-state index >= 15 is 0 Å². The molecule has 0 unspecified atom stereocenters. The summed E-state index contributed by atoms with van der Waals surface area (Å²) in [7, 11) is -2.62. The largest absolute Gasteiger partial charge is 0.508 e. The van der Waals surface area contributed by atoms with Gasteiger partial charge in [-0.05, 0) is 69.8 Å². The third-order valence-corrected chi connectivity index (χ3v) is 9.25. The maximum absolute atomic E-state index is 9.29. The second-order valence-corrected chi connectivity index (χ2v) is 14.4. The molecule has 272 valence electrons. The van der Waals surface area contributed by atoms with Crippen LogP contribution >= 0.6 is 8.60 Å². The van der Waals surface area contributed by atoms with E-state index in [0.29, 0.717) is 17.2 Å². The molecule has 0 saturated heterocycles. The topological polar surface area (TPSA) is 121 Å². The number of aromatic hydroxyl groups is 3. The molecule has 6 aromatic rings. The van der Waals surface area contributed by atoms with Crippen LogP contribution < -0.4 is 0 Å². The number of phenolic OH excluding ortho intramolecular Hbond substituents is 3. The lowest BCUT2D eigenvalue weighted by molar-refractivity contribution is 0.368. The molecule has 0 amide bonds. The molecule has 0 spiro atoms. The lowest BCUT2D eigenvalue weighted by Gasteiger charge is -2.26. The molecular weight excluding hydrogens is 667 g/mol. The van der Waals surface area contributed by atoms with Gasteiger partial charge in [0.1, 0.15) is 17.2 Å². The fourth-order valence-corrected chi connectivity index (χ4v) is 5.70. The summed E-state index contributed by atoms with van der Waals surface area (Å²) in [6.45, 7) is 13.1. The molecule has 0 atom stereocenters. The van der Waals surface area contributed by atoms with Crippen molar-refractivity contribution < 1.29 is 30.0 Å². The number of hydrogen-bond donors (Lipinski definition) is 6. The van der Waals surface area contributed by atoms with E-state index in [1.54, 1.807) is 36.4 Å². The highest BCUT2D eigenvalue weighted by Crippen LogP contribution is 2.34. The Hall–Kier alpha value is -4.97. The van der Waals surface area contributed by atoms with E-state index in [0.717, 1.165) is 0 Å². The van der Waals surface area contributed by atoms with Crippen molar-refractivity contribution >= 4 is 8.60 Å². The zero-order chi connectivity index (χ0) is 38.4. The van der Waals surface area contributed by atoms with Crippen LogP contribution in [0.5, 0.6) is 17.2 Å². The SMILES string of the molecule is CC(C)(c1ccccc1)c1ccc(O)cc1.CC(C)(c1ccccc1)c1ccc(O)cc1.CC(C)(c1ccccc1)c1ccc(O)cc1.OP(O)O. The molecular formula is C45H51O6P. The Labute approximate surface area is 310 Å². The molecule has 0 fully saturated rings. The minimum Gasteiger partial charge on any atom is -0.508 e. The van der Waals surface area contributed by atoms with Crippen LogP contribution in [0.1, 0.15) is 74.9 Å². The smallest absolute Gasteiger partial charge is 0.324 e. The van der Waals surface area contributed by atoms with E-state index in [1.165, 1.54) is 33.4 Å². The van der Waals surface area contributed by atoms with Gasteiger partial charge < -0.3 is 30.0 Å². The van der Waals surface area contributed by atoms with Gasteiger partial charge in [0.05, 0.1) is 0 Å². The summed E-state index contributed by atoms with van der Waals surface area (Å²) in [5, 5.41) is 27.9. The summed E-state index contributed by atoms with van der Waals surface area (Å²) in [6.07, 6.45) is 0. The molecule has 6 nitrogen and oxygen atoms in total. The van der Waals surface area contributed by atoms with Crippen LogP contribution in [-0.2, 0) is 16.2 Å². The molecule has 6 rings (SSSR count). The molecule has 0 heterocycles. The Morgan fingerprint density at radius 3 is 0.615 bits per heavy atom. The second-order valence-electron chi connectivity index (χ2n) is 13.9. The van der Waals surface area contributed by atoms with Gasteiger partial charge in [0.25, 0.3) is 0 Å². The maximum Gasteiger partial charge on any atom is 0.324 e. The summed E-state index contributed by atoms with van der Waals surface area (Å²) >= 11 is 0.